The normalized spacial score (nSPS) is 16.7. The molecule has 0 spiro atoms. The molecule has 0 bridgehead atoms. The number of phenols is 1. The first kappa shape index (κ1) is 18.9. The van der Waals surface area contributed by atoms with E-state index in [9.17, 15) is 24.9 Å². The fourth-order valence-electron chi connectivity index (χ4n) is 1.66. The monoisotopic (exact) mass is 326 g/mol. The second-order valence-corrected chi connectivity index (χ2v) is 4.83. The molecule has 0 amide bonds. The molecule has 0 aliphatic rings. The molecule has 1 aromatic rings. The fourth-order valence-corrected chi connectivity index (χ4v) is 1.66. The third-order valence-electron chi connectivity index (χ3n) is 3.09. The summed E-state index contributed by atoms with van der Waals surface area (Å²) in [6.07, 6.45) is -6.01. The molecule has 0 saturated heterocycles. The van der Waals surface area contributed by atoms with Gasteiger partial charge in [0.2, 0.25) is 11.6 Å². The van der Waals surface area contributed by atoms with Crippen molar-refractivity contribution >= 4 is 17.6 Å². The Morgan fingerprint density at radius 1 is 1.00 bits per heavy atom. The zero-order valence-corrected chi connectivity index (χ0v) is 12.0. The number of allylic oxidation sites excluding steroid dienone is 1. The van der Waals surface area contributed by atoms with Gasteiger partial charge in [0, 0.05) is 0 Å². The molecule has 8 nitrogen and oxygen atoms in total. The predicted molar refractivity (Wildman–Crippen MR) is 78.3 cm³/mol. The number of ketones is 2. The first-order chi connectivity index (χ1) is 10.8. The van der Waals surface area contributed by atoms with E-state index in [4.69, 9.17) is 15.3 Å². The summed E-state index contributed by atoms with van der Waals surface area (Å²) < 4.78 is 0. The van der Waals surface area contributed by atoms with Crippen molar-refractivity contribution in [3.05, 3.63) is 35.9 Å². The Hall–Kier alpha value is -2.10. The van der Waals surface area contributed by atoms with Crippen molar-refractivity contribution < 1.29 is 40.2 Å². The second-order valence-electron chi connectivity index (χ2n) is 4.83. The van der Waals surface area contributed by atoms with Crippen LogP contribution in [0.25, 0.3) is 6.08 Å². The zero-order chi connectivity index (χ0) is 17.6. The van der Waals surface area contributed by atoms with Gasteiger partial charge in [0.1, 0.15) is 30.2 Å². The molecule has 1 aromatic carbocycles. The van der Waals surface area contributed by atoms with Gasteiger partial charge in [-0.2, -0.15) is 0 Å². The zero-order valence-electron chi connectivity index (χ0n) is 12.0. The lowest BCUT2D eigenvalue weighted by molar-refractivity contribution is -0.152. The van der Waals surface area contributed by atoms with Gasteiger partial charge >= 0.3 is 0 Å². The topological polar surface area (TPSA) is 156 Å². The molecule has 0 aliphatic heterocycles. The molecule has 4 atom stereocenters. The number of benzene rings is 1. The van der Waals surface area contributed by atoms with E-state index in [1.165, 1.54) is 30.3 Å². The lowest BCUT2D eigenvalue weighted by atomic mass is 9.98. The quantitative estimate of drug-likeness (QED) is 0.236. The van der Waals surface area contributed by atoms with Gasteiger partial charge in [-0.15, -0.1) is 0 Å². The lowest BCUT2D eigenvalue weighted by Crippen LogP contribution is -2.49. The first-order valence-electron chi connectivity index (χ1n) is 6.66. The molecule has 23 heavy (non-hydrogen) atoms. The van der Waals surface area contributed by atoms with Crippen LogP contribution in [0, 0.1) is 0 Å². The van der Waals surface area contributed by atoms with E-state index >= 15 is 0 Å². The van der Waals surface area contributed by atoms with Gasteiger partial charge in [0.25, 0.3) is 0 Å². The number of Topliss-reactive ketones (excluding diaryl/α,β-unsaturated/α-hetero) is 1. The van der Waals surface area contributed by atoms with Gasteiger partial charge in [-0.1, -0.05) is 18.2 Å². The summed E-state index contributed by atoms with van der Waals surface area (Å²) in [4.78, 5) is 23.3. The lowest BCUT2D eigenvalue weighted by Gasteiger charge is -2.24. The number of carbonyl (C=O) groups is 2. The van der Waals surface area contributed by atoms with Crippen molar-refractivity contribution in [3.63, 3.8) is 0 Å². The summed E-state index contributed by atoms with van der Waals surface area (Å²) in [5.41, 5.74) is 0.509. The van der Waals surface area contributed by atoms with Crippen LogP contribution >= 0.6 is 0 Å². The highest BCUT2D eigenvalue weighted by atomic mass is 16.4. The van der Waals surface area contributed by atoms with Gasteiger partial charge < -0.3 is 30.6 Å². The molecule has 0 aromatic heterocycles. The standard InChI is InChI=1S/C15H18O8/c16-7-11(19)13(21)15(23)14(22)12(20)10(18)6-3-8-1-4-9(17)5-2-8/h1-6,11,13-17,19,21-23H,7H2/b6-3+/t11-,13-,14+,15+/m1/s1. The molecule has 6 N–H and O–H groups in total. The number of phenolic OH excluding ortho intramolecular Hbond substituents is 1. The third kappa shape index (κ3) is 5.23. The number of aromatic hydroxyl groups is 1. The number of aliphatic hydroxyl groups is 5. The van der Waals surface area contributed by atoms with Gasteiger partial charge in [-0.25, -0.2) is 0 Å². The predicted octanol–water partition coefficient (Wildman–Crippen LogP) is -2.02. The number of aliphatic hydroxyl groups excluding tert-OH is 5. The van der Waals surface area contributed by atoms with Crippen LogP contribution in [-0.2, 0) is 9.59 Å². The Balaban J connectivity index is 2.71. The van der Waals surface area contributed by atoms with E-state index in [1.807, 2.05) is 0 Å². The van der Waals surface area contributed by atoms with Crippen LogP contribution in [0.4, 0.5) is 0 Å². The molecular weight excluding hydrogens is 308 g/mol. The van der Waals surface area contributed by atoms with Crippen molar-refractivity contribution in [2.24, 2.45) is 0 Å². The Labute approximate surface area is 131 Å². The Morgan fingerprint density at radius 3 is 2.09 bits per heavy atom. The average Bonchev–Trinajstić information content (AvgIpc) is 2.57. The van der Waals surface area contributed by atoms with Crippen LogP contribution < -0.4 is 0 Å². The van der Waals surface area contributed by atoms with Crippen LogP contribution in [0.2, 0.25) is 0 Å². The summed E-state index contributed by atoms with van der Waals surface area (Å²) in [5, 5.41) is 55.4. The SMILES string of the molecule is O=C(/C=C/c1ccc(O)cc1)C(=O)[C@H](O)[C@@H](O)[C@H](O)[C@H](O)CO. The molecule has 0 radical (unpaired) electrons. The molecule has 0 unspecified atom stereocenters. The van der Waals surface area contributed by atoms with Crippen LogP contribution in [-0.4, -0.2) is 73.2 Å². The number of rotatable bonds is 8. The Kier molecular flexibility index (Phi) is 7.01. The first-order valence-corrected chi connectivity index (χ1v) is 6.66. The van der Waals surface area contributed by atoms with Crippen molar-refractivity contribution in [2.75, 3.05) is 6.61 Å². The largest absolute Gasteiger partial charge is 0.508 e. The number of hydrogen-bond donors (Lipinski definition) is 6. The Bertz CT molecular complexity index is 565. The van der Waals surface area contributed by atoms with E-state index in [0.29, 0.717) is 5.56 Å². The summed E-state index contributed by atoms with van der Waals surface area (Å²) >= 11 is 0. The summed E-state index contributed by atoms with van der Waals surface area (Å²) in [6, 6.07) is 5.71. The molecule has 126 valence electrons. The third-order valence-corrected chi connectivity index (χ3v) is 3.09. The van der Waals surface area contributed by atoms with E-state index in [0.717, 1.165) is 6.08 Å². The Morgan fingerprint density at radius 2 is 1.57 bits per heavy atom. The highest BCUT2D eigenvalue weighted by molar-refractivity contribution is 6.43. The minimum absolute atomic E-state index is 0.0273. The van der Waals surface area contributed by atoms with Gasteiger partial charge in [0.15, 0.2) is 0 Å². The molecule has 0 aliphatic carbocycles. The van der Waals surface area contributed by atoms with Gasteiger partial charge in [-0.05, 0) is 23.8 Å². The highest BCUT2D eigenvalue weighted by Gasteiger charge is 2.35. The van der Waals surface area contributed by atoms with E-state index < -0.39 is 42.6 Å². The summed E-state index contributed by atoms with van der Waals surface area (Å²) in [7, 11) is 0. The van der Waals surface area contributed by atoms with Crippen LogP contribution in [0.3, 0.4) is 0 Å². The number of carbonyl (C=O) groups excluding carboxylic acids is 2. The molecule has 0 saturated carbocycles. The molecule has 1 rings (SSSR count). The molecular formula is C15H18O8. The van der Waals surface area contributed by atoms with Gasteiger partial charge in [-0.3, -0.25) is 9.59 Å². The average molecular weight is 326 g/mol. The molecule has 0 fully saturated rings. The van der Waals surface area contributed by atoms with Crippen molar-refractivity contribution in [3.8, 4) is 5.75 Å². The second kappa shape index (κ2) is 8.51. The van der Waals surface area contributed by atoms with Gasteiger partial charge in [0.05, 0.1) is 6.61 Å². The maximum atomic E-state index is 11.7. The minimum atomic E-state index is -2.25. The molecule has 0 heterocycles. The summed E-state index contributed by atoms with van der Waals surface area (Å²) in [5.74, 6) is -2.48. The maximum Gasteiger partial charge on any atom is 0.233 e. The van der Waals surface area contributed by atoms with E-state index in [-0.39, 0.29) is 5.75 Å². The smallest absolute Gasteiger partial charge is 0.233 e. The fraction of sp³-hybridized carbons (Fsp3) is 0.333. The number of hydrogen-bond acceptors (Lipinski definition) is 8. The highest BCUT2D eigenvalue weighted by Crippen LogP contribution is 2.11. The summed E-state index contributed by atoms with van der Waals surface area (Å²) in [6.45, 7) is -0.895. The minimum Gasteiger partial charge on any atom is -0.508 e. The van der Waals surface area contributed by atoms with E-state index in [2.05, 4.69) is 0 Å². The van der Waals surface area contributed by atoms with Crippen LogP contribution in [0.1, 0.15) is 5.56 Å². The van der Waals surface area contributed by atoms with Crippen molar-refractivity contribution in [2.45, 2.75) is 24.4 Å². The molecule has 8 heteroatoms. The van der Waals surface area contributed by atoms with E-state index in [1.54, 1.807) is 0 Å². The van der Waals surface area contributed by atoms with Crippen LogP contribution in [0.15, 0.2) is 30.3 Å². The maximum absolute atomic E-state index is 11.7. The van der Waals surface area contributed by atoms with Crippen molar-refractivity contribution in [1.82, 2.24) is 0 Å². The van der Waals surface area contributed by atoms with Crippen molar-refractivity contribution in [1.29, 1.82) is 0 Å². The van der Waals surface area contributed by atoms with Crippen LogP contribution in [0.5, 0.6) is 5.75 Å².